The summed E-state index contributed by atoms with van der Waals surface area (Å²) in [5, 5.41) is 10.6. The van der Waals surface area contributed by atoms with Crippen molar-refractivity contribution in [1.82, 2.24) is 0 Å². The van der Waals surface area contributed by atoms with Gasteiger partial charge in [-0.3, -0.25) is 0 Å². The van der Waals surface area contributed by atoms with Gasteiger partial charge in [-0.15, -0.1) is 0 Å². The van der Waals surface area contributed by atoms with Crippen molar-refractivity contribution in [2.75, 3.05) is 0 Å². The Morgan fingerprint density at radius 2 is 2.13 bits per heavy atom. The van der Waals surface area contributed by atoms with Gasteiger partial charge in [0, 0.05) is 5.56 Å². The van der Waals surface area contributed by atoms with Crippen LogP contribution in [0.25, 0.3) is 0 Å². The molecule has 2 fully saturated rings. The van der Waals surface area contributed by atoms with E-state index in [4.69, 9.17) is 4.42 Å². The second kappa shape index (κ2) is 3.38. The molecule has 1 aromatic rings. The van der Waals surface area contributed by atoms with E-state index in [1.165, 1.54) is 19.3 Å². The Morgan fingerprint density at radius 3 is 2.80 bits per heavy atom. The summed E-state index contributed by atoms with van der Waals surface area (Å²) in [6.45, 7) is 0. The van der Waals surface area contributed by atoms with Crippen molar-refractivity contribution in [3.63, 3.8) is 0 Å². The van der Waals surface area contributed by atoms with E-state index in [9.17, 15) is 5.11 Å². The highest BCUT2D eigenvalue weighted by Crippen LogP contribution is 2.49. The monoisotopic (exact) mass is 206 g/mol. The molecule has 0 bridgehead atoms. The van der Waals surface area contributed by atoms with Gasteiger partial charge in [0.05, 0.1) is 18.1 Å². The Morgan fingerprint density at radius 1 is 1.27 bits per heavy atom. The Labute approximate surface area is 90.3 Å². The topological polar surface area (TPSA) is 33.4 Å². The third-order valence-corrected chi connectivity index (χ3v) is 4.11. The maximum atomic E-state index is 10.6. The van der Waals surface area contributed by atoms with E-state index in [1.807, 2.05) is 6.07 Å². The maximum Gasteiger partial charge on any atom is 0.0963 e. The first-order chi connectivity index (χ1) is 7.28. The molecule has 2 atom stereocenters. The molecule has 0 saturated heterocycles. The molecule has 0 spiro atoms. The van der Waals surface area contributed by atoms with Gasteiger partial charge in [-0.25, -0.2) is 0 Å². The van der Waals surface area contributed by atoms with Gasteiger partial charge < -0.3 is 9.52 Å². The van der Waals surface area contributed by atoms with Crippen molar-refractivity contribution in [3.05, 3.63) is 24.2 Å². The van der Waals surface area contributed by atoms with Gasteiger partial charge in [-0.05, 0) is 56.4 Å². The van der Waals surface area contributed by atoms with Gasteiger partial charge >= 0.3 is 0 Å². The summed E-state index contributed by atoms with van der Waals surface area (Å²) in [5.74, 6) is 1.65. The van der Waals surface area contributed by atoms with Crippen molar-refractivity contribution >= 4 is 0 Å². The first-order valence-electron chi connectivity index (χ1n) is 6.03. The van der Waals surface area contributed by atoms with Gasteiger partial charge in [-0.1, -0.05) is 0 Å². The molecule has 1 heterocycles. The third-order valence-electron chi connectivity index (χ3n) is 4.11. The summed E-state index contributed by atoms with van der Waals surface area (Å²) < 4.78 is 5.08. The lowest BCUT2D eigenvalue weighted by Crippen LogP contribution is -2.33. The van der Waals surface area contributed by atoms with E-state index < -0.39 is 5.60 Å². The largest absolute Gasteiger partial charge is 0.472 e. The van der Waals surface area contributed by atoms with E-state index in [2.05, 4.69) is 0 Å². The van der Waals surface area contributed by atoms with E-state index in [1.54, 1.807) is 12.5 Å². The predicted octanol–water partition coefficient (Wildman–Crippen LogP) is 3.07. The summed E-state index contributed by atoms with van der Waals surface area (Å²) in [6, 6.07) is 1.91. The highest BCUT2D eigenvalue weighted by molar-refractivity contribution is 5.17. The van der Waals surface area contributed by atoms with E-state index in [-0.39, 0.29) is 0 Å². The molecule has 0 aromatic carbocycles. The van der Waals surface area contributed by atoms with Crippen molar-refractivity contribution in [3.8, 4) is 0 Å². The van der Waals surface area contributed by atoms with Crippen LogP contribution in [0.5, 0.6) is 0 Å². The Balaban J connectivity index is 1.79. The smallest absolute Gasteiger partial charge is 0.0963 e. The fourth-order valence-electron chi connectivity index (χ4n) is 3.06. The molecular weight excluding hydrogens is 188 g/mol. The lowest BCUT2D eigenvalue weighted by molar-refractivity contribution is -0.0255. The number of aliphatic hydroxyl groups is 1. The summed E-state index contributed by atoms with van der Waals surface area (Å²) in [5.41, 5.74) is 0.381. The molecule has 2 saturated carbocycles. The molecule has 2 unspecified atom stereocenters. The second-order valence-corrected chi connectivity index (χ2v) is 5.24. The average molecular weight is 206 g/mol. The van der Waals surface area contributed by atoms with E-state index in [0.717, 1.165) is 36.7 Å². The number of hydrogen-bond acceptors (Lipinski definition) is 2. The molecule has 1 N–H and O–H groups in total. The van der Waals surface area contributed by atoms with Crippen LogP contribution in [0.15, 0.2) is 23.0 Å². The first kappa shape index (κ1) is 9.46. The SMILES string of the molecule is OC1(c2ccoc2)CCCC(C2CC2)C1. The van der Waals surface area contributed by atoms with Crippen molar-refractivity contribution in [1.29, 1.82) is 0 Å². The first-order valence-corrected chi connectivity index (χ1v) is 6.03. The highest BCUT2D eigenvalue weighted by atomic mass is 16.3. The normalized spacial score (nSPS) is 36.7. The molecule has 0 aliphatic heterocycles. The summed E-state index contributed by atoms with van der Waals surface area (Å²) in [6.07, 6.45) is 10.4. The minimum absolute atomic E-state index is 0.599. The van der Waals surface area contributed by atoms with Crippen LogP contribution < -0.4 is 0 Å². The van der Waals surface area contributed by atoms with Crippen LogP contribution in [-0.4, -0.2) is 5.11 Å². The van der Waals surface area contributed by atoms with Gasteiger partial charge in [0.2, 0.25) is 0 Å². The Bertz CT molecular complexity index is 326. The van der Waals surface area contributed by atoms with Crippen LogP contribution in [0, 0.1) is 11.8 Å². The molecule has 15 heavy (non-hydrogen) atoms. The molecule has 3 rings (SSSR count). The molecule has 2 nitrogen and oxygen atoms in total. The second-order valence-electron chi connectivity index (χ2n) is 5.24. The average Bonchev–Trinajstić information content (AvgIpc) is 2.93. The zero-order valence-electron chi connectivity index (χ0n) is 8.98. The highest BCUT2D eigenvalue weighted by Gasteiger charge is 2.42. The van der Waals surface area contributed by atoms with Crippen LogP contribution in [0.2, 0.25) is 0 Å². The molecular formula is C13H18O2. The van der Waals surface area contributed by atoms with Gasteiger partial charge in [0.15, 0.2) is 0 Å². The summed E-state index contributed by atoms with van der Waals surface area (Å²) in [7, 11) is 0. The molecule has 1 aromatic heterocycles. The van der Waals surface area contributed by atoms with Crippen LogP contribution in [0.3, 0.4) is 0 Å². The molecule has 0 radical (unpaired) electrons. The summed E-state index contributed by atoms with van der Waals surface area (Å²) in [4.78, 5) is 0. The van der Waals surface area contributed by atoms with Gasteiger partial charge in [0.25, 0.3) is 0 Å². The fourth-order valence-corrected chi connectivity index (χ4v) is 3.06. The maximum absolute atomic E-state index is 10.6. The lowest BCUT2D eigenvalue weighted by atomic mass is 9.73. The zero-order valence-corrected chi connectivity index (χ0v) is 8.98. The standard InChI is InChI=1S/C13H18O2/c14-13(12-5-7-15-9-12)6-1-2-11(8-13)10-3-4-10/h5,7,9-11,14H,1-4,6,8H2. The third kappa shape index (κ3) is 1.71. The molecule has 2 heteroatoms. The minimum Gasteiger partial charge on any atom is -0.472 e. The number of hydrogen-bond donors (Lipinski definition) is 1. The van der Waals surface area contributed by atoms with E-state index >= 15 is 0 Å². The predicted molar refractivity (Wildman–Crippen MR) is 57.3 cm³/mol. The van der Waals surface area contributed by atoms with Crippen molar-refractivity contribution in [2.24, 2.45) is 11.8 Å². The quantitative estimate of drug-likeness (QED) is 0.806. The molecule has 0 amide bonds. The van der Waals surface area contributed by atoms with Gasteiger partial charge in [-0.2, -0.15) is 0 Å². The van der Waals surface area contributed by atoms with Crippen LogP contribution >= 0.6 is 0 Å². The lowest BCUT2D eigenvalue weighted by Gasteiger charge is -2.36. The zero-order chi connectivity index (χ0) is 10.3. The Kier molecular flexibility index (Phi) is 2.13. The number of rotatable bonds is 2. The molecule has 2 aliphatic carbocycles. The molecule has 82 valence electrons. The van der Waals surface area contributed by atoms with Crippen molar-refractivity contribution in [2.45, 2.75) is 44.1 Å². The van der Waals surface area contributed by atoms with E-state index in [0.29, 0.717) is 0 Å². The molecule has 2 aliphatic rings. The minimum atomic E-state index is -0.599. The van der Waals surface area contributed by atoms with Crippen LogP contribution in [-0.2, 0) is 5.60 Å². The Hall–Kier alpha value is -0.760. The van der Waals surface area contributed by atoms with Crippen LogP contribution in [0.4, 0.5) is 0 Å². The van der Waals surface area contributed by atoms with Crippen molar-refractivity contribution < 1.29 is 9.52 Å². The van der Waals surface area contributed by atoms with Crippen LogP contribution in [0.1, 0.15) is 44.1 Å². The fraction of sp³-hybridized carbons (Fsp3) is 0.692. The van der Waals surface area contributed by atoms with Gasteiger partial charge in [0.1, 0.15) is 0 Å². The number of furan rings is 1. The summed E-state index contributed by atoms with van der Waals surface area (Å²) >= 11 is 0.